The van der Waals surface area contributed by atoms with Crippen LogP contribution in [0.2, 0.25) is 0 Å². The van der Waals surface area contributed by atoms with Crippen LogP contribution in [0.5, 0.6) is 0 Å². The smallest absolute Gasteiger partial charge is 0.237 e. The molecule has 1 aliphatic rings. The third kappa shape index (κ3) is 6.24. The Hall–Kier alpha value is -0.920. The van der Waals surface area contributed by atoms with E-state index in [0.29, 0.717) is 19.5 Å². The summed E-state index contributed by atoms with van der Waals surface area (Å²) < 4.78 is 13.3. The summed E-state index contributed by atoms with van der Waals surface area (Å²) in [7, 11) is 3.78. The molecule has 3 N–H and O–H groups in total. The van der Waals surface area contributed by atoms with E-state index < -0.39 is 6.10 Å². The number of benzene rings is 1. The summed E-state index contributed by atoms with van der Waals surface area (Å²) in [6.07, 6.45) is -0.0352. The molecule has 0 spiro atoms. The highest BCUT2D eigenvalue weighted by Crippen LogP contribution is 2.18. The van der Waals surface area contributed by atoms with Gasteiger partial charge in [-0.15, -0.1) is 24.8 Å². The molecule has 23 heavy (non-hydrogen) atoms. The van der Waals surface area contributed by atoms with Gasteiger partial charge in [0.1, 0.15) is 5.82 Å². The Balaban J connectivity index is 0.00000242. The zero-order valence-electron chi connectivity index (χ0n) is 13.2. The molecular formula is C15H24Cl2FN3O2. The number of aliphatic hydroxyl groups excluding tert-OH is 1. The number of likely N-dealkylation sites (N-methyl/N-ethyl adjacent to an activating group) is 1. The van der Waals surface area contributed by atoms with Crippen LogP contribution in [0.15, 0.2) is 24.3 Å². The quantitative estimate of drug-likeness (QED) is 0.729. The Morgan fingerprint density at radius 2 is 2.17 bits per heavy atom. The molecule has 0 aromatic heterocycles. The number of nitrogens with zero attached hydrogens (tertiary/aromatic N) is 1. The molecule has 5 nitrogen and oxygen atoms in total. The number of hydrogen-bond donors (Lipinski definition) is 3. The van der Waals surface area contributed by atoms with E-state index in [0.717, 1.165) is 5.56 Å². The van der Waals surface area contributed by atoms with Crippen molar-refractivity contribution in [2.75, 3.05) is 27.2 Å². The predicted molar refractivity (Wildman–Crippen MR) is 92.7 cm³/mol. The Morgan fingerprint density at radius 1 is 1.48 bits per heavy atom. The number of aliphatic hydroxyl groups is 1. The van der Waals surface area contributed by atoms with Crippen molar-refractivity contribution in [3.63, 3.8) is 0 Å². The van der Waals surface area contributed by atoms with Crippen molar-refractivity contribution in [1.82, 2.24) is 15.5 Å². The normalized spacial score (nSPS) is 21.3. The molecule has 2 rings (SSSR count). The van der Waals surface area contributed by atoms with Crippen LogP contribution >= 0.6 is 24.8 Å². The standard InChI is InChI=1S/C15H22FN3O2.2ClH/c1-19(2)14(10-4-3-5-11(16)6-10)9-18-15(21)13-7-12(20)8-17-13;;/h3-6,12-14,17,20H,7-9H2,1-2H3,(H,18,21);2*1H. The lowest BCUT2D eigenvalue weighted by atomic mass is 10.1. The Bertz CT molecular complexity index is 505. The Labute approximate surface area is 148 Å². The molecule has 3 atom stereocenters. The molecule has 1 fully saturated rings. The van der Waals surface area contributed by atoms with E-state index >= 15 is 0 Å². The van der Waals surface area contributed by atoms with Crippen molar-refractivity contribution in [3.05, 3.63) is 35.6 Å². The van der Waals surface area contributed by atoms with Gasteiger partial charge in [-0.3, -0.25) is 4.79 Å². The average molecular weight is 368 g/mol. The lowest BCUT2D eigenvalue weighted by molar-refractivity contribution is -0.123. The molecule has 1 aromatic rings. The van der Waals surface area contributed by atoms with Crippen LogP contribution in [0.1, 0.15) is 18.0 Å². The summed E-state index contributed by atoms with van der Waals surface area (Å²) in [6, 6.07) is 5.94. The maximum atomic E-state index is 13.3. The van der Waals surface area contributed by atoms with Crippen molar-refractivity contribution in [2.24, 2.45) is 0 Å². The zero-order chi connectivity index (χ0) is 15.4. The van der Waals surface area contributed by atoms with Gasteiger partial charge in [-0.2, -0.15) is 0 Å². The van der Waals surface area contributed by atoms with Crippen LogP contribution in [0.25, 0.3) is 0 Å². The van der Waals surface area contributed by atoms with Crippen LogP contribution < -0.4 is 10.6 Å². The lowest BCUT2D eigenvalue weighted by Crippen LogP contribution is -2.43. The molecule has 1 aromatic carbocycles. The van der Waals surface area contributed by atoms with E-state index in [9.17, 15) is 14.3 Å². The second-order valence-corrected chi connectivity index (χ2v) is 5.63. The van der Waals surface area contributed by atoms with Gasteiger partial charge in [-0.25, -0.2) is 4.39 Å². The van der Waals surface area contributed by atoms with Crippen LogP contribution in [-0.4, -0.2) is 55.2 Å². The fourth-order valence-electron chi connectivity index (χ4n) is 2.55. The number of β-amino-alcohol motifs (C(OH)–C–C–N with tert-alkyl or cyclic N) is 1. The van der Waals surface area contributed by atoms with E-state index in [1.165, 1.54) is 12.1 Å². The number of nitrogens with one attached hydrogen (secondary N) is 2. The van der Waals surface area contributed by atoms with E-state index in [1.807, 2.05) is 25.1 Å². The number of amides is 1. The fourth-order valence-corrected chi connectivity index (χ4v) is 2.55. The highest BCUT2D eigenvalue weighted by Gasteiger charge is 2.28. The van der Waals surface area contributed by atoms with Gasteiger partial charge in [0.2, 0.25) is 5.91 Å². The maximum absolute atomic E-state index is 13.3. The van der Waals surface area contributed by atoms with Gasteiger partial charge in [0.05, 0.1) is 18.2 Å². The van der Waals surface area contributed by atoms with Crippen LogP contribution in [-0.2, 0) is 4.79 Å². The van der Waals surface area contributed by atoms with Gasteiger partial charge in [-0.05, 0) is 38.2 Å². The summed E-state index contributed by atoms with van der Waals surface area (Å²) in [5, 5.41) is 15.3. The highest BCUT2D eigenvalue weighted by molar-refractivity contribution is 5.85. The third-order valence-electron chi connectivity index (χ3n) is 3.75. The monoisotopic (exact) mass is 367 g/mol. The summed E-state index contributed by atoms with van der Waals surface area (Å²) in [5.41, 5.74) is 0.819. The topological polar surface area (TPSA) is 64.6 Å². The van der Waals surface area contributed by atoms with E-state index in [2.05, 4.69) is 10.6 Å². The molecule has 1 heterocycles. The van der Waals surface area contributed by atoms with Gasteiger partial charge < -0.3 is 20.6 Å². The largest absolute Gasteiger partial charge is 0.392 e. The first-order valence-electron chi connectivity index (χ1n) is 7.08. The minimum absolute atomic E-state index is 0. The van der Waals surface area contributed by atoms with Crippen molar-refractivity contribution >= 4 is 30.7 Å². The summed E-state index contributed by atoms with van der Waals surface area (Å²) in [4.78, 5) is 14.0. The minimum atomic E-state index is -0.464. The second-order valence-electron chi connectivity index (χ2n) is 5.63. The molecule has 132 valence electrons. The Morgan fingerprint density at radius 3 is 2.70 bits per heavy atom. The van der Waals surface area contributed by atoms with E-state index in [1.54, 1.807) is 6.07 Å². The zero-order valence-corrected chi connectivity index (χ0v) is 14.8. The van der Waals surface area contributed by atoms with Crippen molar-refractivity contribution in [2.45, 2.75) is 24.6 Å². The molecule has 0 aliphatic carbocycles. The van der Waals surface area contributed by atoms with E-state index in [-0.39, 0.29) is 48.6 Å². The first-order valence-corrected chi connectivity index (χ1v) is 7.08. The number of carbonyl (C=O) groups excluding carboxylic acids is 1. The van der Waals surface area contributed by atoms with Crippen molar-refractivity contribution in [1.29, 1.82) is 0 Å². The van der Waals surface area contributed by atoms with Gasteiger partial charge in [0, 0.05) is 13.1 Å². The lowest BCUT2D eigenvalue weighted by Gasteiger charge is -2.25. The SMILES string of the molecule is CN(C)C(CNC(=O)C1CC(O)CN1)c1cccc(F)c1.Cl.Cl. The first kappa shape index (κ1) is 22.1. The van der Waals surface area contributed by atoms with Crippen LogP contribution in [0.4, 0.5) is 4.39 Å². The third-order valence-corrected chi connectivity index (χ3v) is 3.75. The van der Waals surface area contributed by atoms with Crippen molar-refractivity contribution < 1.29 is 14.3 Å². The highest BCUT2D eigenvalue weighted by atomic mass is 35.5. The molecule has 1 aliphatic heterocycles. The second kappa shape index (κ2) is 10.1. The molecular weight excluding hydrogens is 344 g/mol. The summed E-state index contributed by atoms with van der Waals surface area (Å²) in [6.45, 7) is 0.836. The van der Waals surface area contributed by atoms with Crippen molar-refractivity contribution in [3.8, 4) is 0 Å². The average Bonchev–Trinajstić information content (AvgIpc) is 2.85. The number of halogens is 3. The van der Waals surface area contributed by atoms with Crippen LogP contribution in [0.3, 0.4) is 0 Å². The molecule has 0 saturated carbocycles. The number of rotatable bonds is 5. The van der Waals surface area contributed by atoms with Gasteiger partial charge in [0.25, 0.3) is 0 Å². The number of carbonyl (C=O) groups is 1. The van der Waals surface area contributed by atoms with Crippen LogP contribution in [0, 0.1) is 5.82 Å². The maximum Gasteiger partial charge on any atom is 0.237 e. The van der Waals surface area contributed by atoms with E-state index in [4.69, 9.17) is 0 Å². The molecule has 0 bridgehead atoms. The minimum Gasteiger partial charge on any atom is -0.392 e. The summed E-state index contributed by atoms with van der Waals surface area (Å²) >= 11 is 0. The molecule has 1 saturated heterocycles. The summed E-state index contributed by atoms with van der Waals surface area (Å²) in [5.74, 6) is -0.416. The predicted octanol–water partition coefficient (Wildman–Crippen LogP) is 1.11. The van der Waals surface area contributed by atoms with Gasteiger partial charge in [-0.1, -0.05) is 12.1 Å². The fraction of sp³-hybridized carbons (Fsp3) is 0.533. The molecule has 3 unspecified atom stereocenters. The number of hydrogen-bond acceptors (Lipinski definition) is 4. The molecule has 1 amide bonds. The van der Waals surface area contributed by atoms with Gasteiger partial charge >= 0.3 is 0 Å². The first-order chi connectivity index (χ1) is 9.97. The molecule has 8 heteroatoms. The Kier molecular flexibility index (Phi) is 9.65. The molecule has 0 radical (unpaired) electrons. The van der Waals surface area contributed by atoms with Gasteiger partial charge in [0.15, 0.2) is 0 Å².